The van der Waals surface area contributed by atoms with Crippen molar-refractivity contribution in [1.82, 2.24) is 29.8 Å². The minimum absolute atomic E-state index is 0.0547. The van der Waals surface area contributed by atoms with Crippen LogP contribution < -0.4 is 5.32 Å². The van der Waals surface area contributed by atoms with Crippen molar-refractivity contribution >= 4 is 51.3 Å². The fourth-order valence-electron chi connectivity index (χ4n) is 2.44. The summed E-state index contributed by atoms with van der Waals surface area (Å²) in [7, 11) is 0. The monoisotopic (exact) mass is 417 g/mol. The first-order chi connectivity index (χ1) is 13.1. The topological polar surface area (TPSA) is 98.0 Å². The van der Waals surface area contributed by atoms with Crippen LogP contribution in [0.3, 0.4) is 0 Å². The third kappa shape index (κ3) is 4.31. The maximum absolute atomic E-state index is 12.3. The van der Waals surface area contributed by atoms with Crippen molar-refractivity contribution in [2.45, 2.75) is 30.4 Å². The number of thiophene rings is 1. The number of thioether (sulfide) groups is 1. The Morgan fingerprint density at radius 1 is 1.30 bits per heavy atom. The van der Waals surface area contributed by atoms with Crippen LogP contribution in [0.1, 0.15) is 22.1 Å². The summed E-state index contributed by atoms with van der Waals surface area (Å²) >= 11 is 4.67. The minimum atomic E-state index is -0.230. The molecule has 0 bridgehead atoms. The number of carbonyl (C=O) groups is 1. The van der Waals surface area contributed by atoms with Crippen molar-refractivity contribution in [3.05, 3.63) is 45.7 Å². The second kappa shape index (κ2) is 7.71. The van der Waals surface area contributed by atoms with E-state index in [1.807, 2.05) is 31.4 Å². The van der Waals surface area contributed by atoms with E-state index >= 15 is 0 Å². The number of nitrogens with zero attached hydrogens (tertiary/aromatic N) is 6. The van der Waals surface area contributed by atoms with Crippen LogP contribution in [0.25, 0.3) is 5.78 Å². The van der Waals surface area contributed by atoms with Crippen LogP contribution in [0.15, 0.2) is 27.9 Å². The lowest BCUT2D eigenvalue weighted by molar-refractivity contribution is -0.115. The van der Waals surface area contributed by atoms with Gasteiger partial charge >= 0.3 is 0 Å². The molecule has 4 rings (SSSR count). The van der Waals surface area contributed by atoms with Gasteiger partial charge in [0.15, 0.2) is 10.2 Å². The lowest BCUT2D eigenvalue weighted by Crippen LogP contribution is -2.15. The number of hydrogen-bond donors (Lipinski definition) is 1. The number of aromatic nitrogens is 6. The molecule has 4 aromatic rings. The Labute approximate surface area is 167 Å². The first-order valence-corrected chi connectivity index (χ1v) is 10.7. The first-order valence-electron chi connectivity index (χ1n) is 8.05. The maximum atomic E-state index is 12.3. The van der Waals surface area contributed by atoms with Crippen molar-refractivity contribution in [3.63, 3.8) is 0 Å². The number of fused-ring (bicyclic) bond motifs is 1. The number of hydrogen-bond acceptors (Lipinski definition) is 9. The average molecular weight is 418 g/mol. The second-order valence-electron chi connectivity index (χ2n) is 5.74. The molecule has 0 aromatic carbocycles. The summed E-state index contributed by atoms with van der Waals surface area (Å²) in [5.74, 6) is 1.53. The van der Waals surface area contributed by atoms with Crippen LogP contribution in [-0.4, -0.2) is 35.7 Å². The Bertz CT molecular complexity index is 1090. The molecule has 0 atom stereocenters. The van der Waals surface area contributed by atoms with Gasteiger partial charge in [-0.05, 0) is 31.4 Å². The fraction of sp³-hybridized carbons (Fsp3) is 0.250. The zero-order chi connectivity index (χ0) is 18.8. The van der Waals surface area contributed by atoms with Crippen LogP contribution in [-0.2, 0) is 17.0 Å². The molecule has 0 saturated heterocycles. The second-order valence-corrected chi connectivity index (χ2v) is 8.98. The Kier molecular flexibility index (Phi) is 5.14. The molecule has 138 valence electrons. The van der Waals surface area contributed by atoms with Gasteiger partial charge in [0.05, 0.1) is 6.42 Å². The quantitative estimate of drug-likeness (QED) is 0.380. The molecule has 0 unspecified atom stereocenters. The standard InChI is InChI=1S/C16H15N7OS3/c1-9-6-10(2)23-14(17-9)18-12(22-23)7-13(24)19-15-20-21-16(27-15)26-8-11-4-3-5-25-11/h3-6H,7-8H2,1-2H3,(H,19,20,24). The summed E-state index contributed by atoms with van der Waals surface area (Å²) in [5.41, 5.74) is 1.79. The van der Waals surface area contributed by atoms with Crippen LogP contribution >= 0.6 is 34.4 Å². The zero-order valence-corrected chi connectivity index (χ0v) is 17.0. The third-order valence-electron chi connectivity index (χ3n) is 3.55. The molecule has 27 heavy (non-hydrogen) atoms. The van der Waals surface area contributed by atoms with E-state index in [9.17, 15) is 4.79 Å². The molecule has 0 aliphatic heterocycles. The van der Waals surface area contributed by atoms with E-state index in [1.165, 1.54) is 16.2 Å². The van der Waals surface area contributed by atoms with Gasteiger partial charge in [-0.25, -0.2) is 9.50 Å². The van der Waals surface area contributed by atoms with Crippen molar-refractivity contribution in [1.29, 1.82) is 0 Å². The van der Waals surface area contributed by atoms with Crippen molar-refractivity contribution in [3.8, 4) is 0 Å². The summed E-state index contributed by atoms with van der Waals surface area (Å²) in [6.45, 7) is 3.83. The Morgan fingerprint density at radius 2 is 2.19 bits per heavy atom. The molecule has 0 spiro atoms. The van der Waals surface area contributed by atoms with Gasteiger partial charge < -0.3 is 5.32 Å². The summed E-state index contributed by atoms with van der Waals surface area (Å²) in [5, 5.41) is 17.8. The molecule has 0 fully saturated rings. The van der Waals surface area contributed by atoms with Crippen molar-refractivity contribution < 1.29 is 4.79 Å². The molecule has 0 radical (unpaired) electrons. The van der Waals surface area contributed by atoms with Crippen LogP contribution in [0.2, 0.25) is 0 Å². The van der Waals surface area contributed by atoms with E-state index in [2.05, 4.69) is 36.6 Å². The molecule has 0 aliphatic carbocycles. The van der Waals surface area contributed by atoms with E-state index in [4.69, 9.17) is 0 Å². The number of nitrogens with one attached hydrogen (secondary N) is 1. The van der Waals surface area contributed by atoms with Gasteiger partial charge in [-0.15, -0.1) is 26.6 Å². The lowest BCUT2D eigenvalue weighted by Gasteiger charge is -1.98. The van der Waals surface area contributed by atoms with Crippen molar-refractivity contribution in [2.75, 3.05) is 5.32 Å². The Morgan fingerprint density at radius 3 is 3.00 bits per heavy atom. The molecule has 0 aliphatic rings. The summed E-state index contributed by atoms with van der Waals surface area (Å²) in [4.78, 5) is 22.2. The fourth-order valence-corrected chi connectivity index (χ4v) is 4.98. The molecule has 11 heteroatoms. The smallest absolute Gasteiger partial charge is 0.252 e. The molecule has 0 saturated carbocycles. The van der Waals surface area contributed by atoms with Crippen LogP contribution in [0.4, 0.5) is 5.13 Å². The van der Waals surface area contributed by atoms with E-state index in [0.717, 1.165) is 21.5 Å². The highest BCUT2D eigenvalue weighted by atomic mass is 32.2. The Balaban J connectivity index is 1.37. The number of rotatable bonds is 6. The highest BCUT2D eigenvalue weighted by Crippen LogP contribution is 2.29. The number of aryl methyl sites for hydroxylation is 2. The number of anilines is 1. The molecular formula is C16H15N7OS3. The normalized spacial score (nSPS) is 11.2. The van der Waals surface area contributed by atoms with Gasteiger partial charge in [-0.2, -0.15) is 4.98 Å². The average Bonchev–Trinajstić information content (AvgIpc) is 3.33. The third-order valence-corrected chi connectivity index (χ3v) is 6.63. The lowest BCUT2D eigenvalue weighted by atomic mass is 10.4. The van der Waals surface area contributed by atoms with Crippen LogP contribution in [0, 0.1) is 13.8 Å². The van der Waals surface area contributed by atoms with Gasteiger partial charge in [-0.1, -0.05) is 29.2 Å². The molecule has 8 nitrogen and oxygen atoms in total. The Hall–Kier alpha value is -2.37. The van der Waals surface area contributed by atoms with E-state index in [0.29, 0.717) is 16.7 Å². The predicted octanol–water partition coefficient (Wildman–Crippen LogP) is 3.13. The molecule has 4 aromatic heterocycles. The SMILES string of the molecule is Cc1cc(C)n2nc(CC(=O)Nc3nnc(SCc4cccs4)s3)nc2n1. The highest BCUT2D eigenvalue weighted by Gasteiger charge is 2.14. The van der Waals surface area contributed by atoms with E-state index < -0.39 is 0 Å². The molecular weight excluding hydrogens is 402 g/mol. The summed E-state index contributed by atoms with van der Waals surface area (Å²) < 4.78 is 2.46. The molecule has 1 N–H and O–H groups in total. The highest BCUT2D eigenvalue weighted by molar-refractivity contribution is 8.00. The maximum Gasteiger partial charge on any atom is 0.252 e. The van der Waals surface area contributed by atoms with Crippen molar-refractivity contribution in [2.24, 2.45) is 0 Å². The zero-order valence-electron chi connectivity index (χ0n) is 14.5. The van der Waals surface area contributed by atoms with Gasteiger partial charge in [0, 0.05) is 22.0 Å². The first kappa shape index (κ1) is 18.0. The summed E-state index contributed by atoms with van der Waals surface area (Å²) in [6, 6.07) is 6.03. The minimum Gasteiger partial charge on any atom is -0.300 e. The predicted molar refractivity (Wildman–Crippen MR) is 106 cm³/mol. The number of amides is 1. The van der Waals surface area contributed by atoms with Gasteiger partial charge in [0.1, 0.15) is 0 Å². The molecule has 1 amide bonds. The van der Waals surface area contributed by atoms with E-state index in [-0.39, 0.29) is 12.3 Å². The van der Waals surface area contributed by atoms with Gasteiger partial charge in [0.25, 0.3) is 5.78 Å². The summed E-state index contributed by atoms with van der Waals surface area (Å²) in [6.07, 6.45) is 0.0547. The van der Waals surface area contributed by atoms with E-state index in [1.54, 1.807) is 27.6 Å². The largest absolute Gasteiger partial charge is 0.300 e. The molecule has 4 heterocycles. The van der Waals surface area contributed by atoms with Crippen LogP contribution in [0.5, 0.6) is 0 Å². The number of carbonyl (C=O) groups excluding carboxylic acids is 1. The van der Waals surface area contributed by atoms with Gasteiger partial charge in [-0.3, -0.25) is 4.79 Å². The van der Waals surface area contributed by atoms with Gasteiger partial charge in [0.2, 0.25) is 11.0 Å².